The molecule has 0 saturated carbocycles. The molecule has 2 amide bonds. The Balaban J connectivity index is 1.58. The molecule has 0 aliphatic heterocycles. The maximum absolute atomic E-state index is 11.7. The summed E-state index contributed by atoms with van der Waals surface area (Å²) < 4.78 is 0. The van der Waals surface area contributed by atoms with Gasteiger partial charge in [-0.2, -0.15) is 15.4 Å². The van der Waals surface area contributed by atoms with Crippen LogP contribution in [0.3, 0.4) is 0 Å². The number of amides is 2. The molecule has 0 fully saturated rings. The smallest absolute Gasteiger partial charge is 0.321 e. The summed E-state index contributed by atoms with van der Waals surface area (Å²) in [4.78, 5) is 16.1. The molecule has 0 aliphatic rings. The molecule has 0 aliphatic carbocycles. The van der Waals surface area contributed by atoms with Crippen molar-refractivity contribution >= 4 is 22.5 Å². The van der Waals surface area contributed by atoms with E-state index in [-0.39, 0.29) is 6.03 Å². The molecule has 3 rings (SSSR count). The van der Waals surface area contributed by atoms with Gasteiger partial charge in [0.1, 0.15) is 5.69 Å². The number of H-pyrrole nitrogens is 1. The van der Waals surface area contributed by atoms with Crippen LogP contribution >= 0.6 is 11.3 Å². The lowest BCUT2D eigenvalue weighted by atomic mass is 10.2. The molecule has 3 N–H and O–H groups in total. The Kier molecular flexibility index (Phi) is 3.88. The summed E-state index contributed by atoms with van der Waals surface area (Å²) in [5, 5.41) is 17.8. The highest BCUT2D eigenvalue weighted by Gasteiger charge is 2.08. The monoisotopic (exact) mass is 300 g/mol. The van der Waals surface area contributed by atoms with Crippen molar-refractivity contribution in [3.8, 4) is 11.3 Å². The van der Waals surface area contributed by atoms with Gasteiger partial charge in [-0.05, 0) is 0 Å². The van der Waals surface area contributed by atoms with Crippen LogP contribution in [0.15, 0.2) is 41.9 Å². The second-order valence-electron chi connectivity index (χ2n) is 4.17. The van der Waals surface area contributed by atoms with Crippen LogP contribution in [0.25, 0.3) is 11.3 Å². The van der Waals surface area contributed by atoms with E-state index in [4.69, 9.17) is 0 Å². The van der Waals surface area contributed by atoms with Gasteiger partial charge in [0.05, 0.1) is 18.4 Å². The largest absolute Gasteiger partial charge is 0.332 e. The first kappa shape index (κ1) is 13.3. The Morgan fingerprint density at radius 3 is 2.90 bits per heavy atom. The van der Waals surface area contributed by atoms with Crippen LogP contribution in [-0.4, -0.2) is 26.4 Å². The standard InChI is InChI=1S/C13H12N6OS/c20-12(14-6-10-7-15-19-18-10)17-13-16-11(8-21-13)9-4-2-1-3-5-9/h1-5,7-8H,6H2,(H,15,18,19)(H2,14,16,17,20). The van der Waals surface area contributed by atoms with Gasteiger partial charge in [-0.25, -0.2) is 9.78 Å². The molecule has 2 aromatic heterocycles. The van der Waals surface area contributed by atoms with Crippen molar-refractivity contribution in [3.05, 3.63) is 47.6 Å². The number of aromatic nitrogens is 4. The fraction of sp³-hybridized carbons (Fsp3) is 0.0769. The first-order valence-electron chi connectivity index (χ1n) is 6.22. The van der Waals surface area contributed by atoms with Crippen LogP contribution in [0.4, 0.5) is 9.93 Å². The van der Waals surface area contributed by atoms with E-state index in [0.717, 1.165) is 11.3 Å². The molecule has 7 nitrogen and oxygen atoms in total. The summed E-state index contributed by atoms with van der Waals surface area (Å²) >= 11 is 1.38. The van der Waals surface area contributed by atoms with Gasteiger partial charge in [0.15, 0.2) is 5.13 Å². The highest BCUT2D eigenvalue weighted by Crippen LogP contribution is 2.24. The van der Waals surface area contributed by atoms with E-state index in [0.29, 0.717) is 17.4 Å². The molecular weight excluding hydrogens is 288 g/mol. The third-order valence-corrected chi connectivity index (χ3v) is 3.45. The fourth-order valence-electron chi connectivity index (χ4n) is 1.70. The quantitative estimate of drug-likeness (QED) is 0.688. The van der Waals surface area contributed by atoms with Crippen LogP contribution in [0.2, 0.25) is 0 Å². The summed E-state index contributed by atoms with van der Waals surface area (Å²) in [6.07, 6.45) is 1.55. The van der Waals surface area contributed by atoms with Crippen LogP contribution in [0.1, 0.15) is 5.69 Å². The Bertz CT molecular complexity index is 709. The fourth-order valence-corrected chi connectivity index (χ4v) is 2.41. The average Bonchev–Trinajstić information content (AvgIpc) is 3.17. The van der Waals surface area contributed by atoms with E-state index in [1.165, 1.54) is 11.3 Å². The summed E-state index contributed by atoms with van der Waals surface area (Å²) in [6, 6.07) is 9.48. The SMILES string of the molecule is O=C(NCc1cn[nH]n1)Nc1nc(-c2ccccc2)cs1. The molecule has 2 heterocycles. The highest BCUT2D eigenvalue weighted by molar-refractivity contribution is 7.14. The number of rotatable bonds is 4. The maximum atomic E-state index is 11.7. The summed E-state index contributed by atoms with van der Waals surface area (Å²) in [5.74, 6) is 0. The summed E-state index contributed by atoms with van der Waals surface area (Å²) in [6.45, 7) is 0.305. The molecule has 3 aromatic rings. The molecule has 8 heteroatoms. The number of anilines is 1. The highest BCUT2D eigenvalue weighted by atomic mass is 32.1. The van der Waals surface area contributed by atoms with Crippen LogP contribution in [0.5, 0.6) is 0 Å². The topological polar surface area (TPSA) is 95.6 Å². The maximum Gasteiger partial charge on any atom is 0.321 e. The molecule has 106 valence electrons. The van der Waals surface area contributed by atoms with Crippen molar-refractivity contribution in [2.75, 3.05) is 5.32 Å². The number of benzene rings is 1. The van der Waals surface area contributed by atoms with Gasteiger partial charge in [-0.15, -0.1) is 11.3 Å². The Morgan fingerprint density at radius 2 is 2.14 bits per heavy atom. The predicted molar refractivity (Wildman–Crippen MR) is 79.8 cm³/mol. The van der Waals surface area contributed by atoms with Crippen molar-refractivity contribution in [2.45, 2.75) is 6.54 Å². The lowest BCUT2D eigenvalue weighted by molar-refractivity contribution is 0.251. The molecular formula is C13H12N6OS. The number of carbonyl (C=O) groups excluding carboxylic acids is 1. The number of thiazole rings is 1. The minimum atomic E-state index is -0.327. The van der Waals surface area contributed by atoms with Crippen LogP contribution in [-0.2, 0) is 6.54 Å². The molecule has 0 radical (unpaired) electrons. The van der Waals surface area contributed by atoms with Gasteiger partial charge < -0.3 is 5.32 Å². The number of carbonyl (C=O) groups is 1. The van der Waals surface area contributed by atoms with Crippen molar-refractivity contribution in [1.29, 1.82) is 0 Å². The first-order chi connectivity index (χ1) is 10.3. The van der Waals surface area contributed by atoms with E-state index in [9.17, 15) is 4.79 Å². The normalized spacial score (nSPS) is 10.3. The summed E-state index contributed by atoms with van der Waals surface area (Å²) in [7, 11) is 0. The minimum absolute atomic E-state index is 0.305. The minimum Gasteiger partial charge on any atom is -0.332 e. The van der Waals surface area contributed by atoms with Gasteiger partial charge in [-0.3, -0.25) is 5.32 Å². The Morgan fingerprint density at radius 1 is 1.29 bits per heavy atom. The predicted octanol–water partition coefficient (Wildman–Crippen LogP) is 2.25. The zero-order valence-electron chi connectivity index (χ0n) is 10.9. The van der Waals surface area contributed by atoms with Crippen LogP contribution < -0.4 is 10.6 Å². The number of hydrogen-bond donors (Lipinski definition) is 3. The zero-order valence-corrected chi connectivity index (χ0v) is 11.7. The van der Waals surface area contributed by atoms with Crippen LogP contribution in [0, 0.1) is 0 Å². The lowest BCUT2D eigenvalue weighted by Crippen LogP contribution is -2.28. The Hall–Kier alpha value is -2.74. The van der Waals surface area contributed by atoms with E-state index in [2.05, 4.69) is 31.0 Å². The Labute approximate surface area is 124 Å². The van der Waals surface area contributed by atoms with E-state index >= 15 is 0 Å². The van der Waals surface area contributed by atoms with E-state index in [1.807, 2.05) is 35.7 Å². The molecule has 0 unspecified atom stereocenters. The molecule has 0 spiro atoms. The van der Waals surface area contributed by atoms with Gasteiger partial charge in [0.2, 0.25) is 0 Å². The first-order valence-corrected chi connectivity index (χ1v) is 7.09. The molecule has 0 bridgehead atoms. The van der Waals surface area contributed by atoms with Gasteiger partial charge >= 0.3 is 6.03 Å². The molecule has 0 saturated heterocycles. The number of nitrogens with zero attached hydrogens (tertiary/aromatic N) is 3. The molecule has 1 aromatic carbocycles. The number of aromatic amines is 1. The number of urea groups is 1. The third kappa shape index (κ3) is 3.42. The third-order valence-electron chi connectivity index (χ3n) is 2.69. The van der Waals surface area contributed by atoms with Crippen molar-refractivity contribution in [2.24, 2.45) is 0 Å². The van der Waals surface area contributed by atoms with Crippen molar-refractivity contribution in [1.82, 2.24) is 25.7 Å². The second kappa shape index (κ2) is 6.14. The van der Waals surface area contributed by atoms with E-state index in [1.54, 1.807) is 6.20 Å². The van der Waals surface area contributed by atoms with Gasteiger partial charge in [0, 0.05) is 10.9 Å². The number of hydrogen-bond acceptors (Lipinski definition) is 5. The molecule has 0 atom stereocenters. The molecule has 21 heavy (non-hydrogen) atoms. The lowest BCUT2D eigenvalue weighted by Gasteiger charge is -2.02. The van der Waals surface area contributed by atoms with Crippen molar-refractivity contribution < 1.29 is 4.79 Å². The average molecular weight is 300 g/mol. The zero-order chi connectivity index (χ0) is 14.5. The van der Waals surface area contributed by atoms with Gasteiger partial charge in [-0.1, -0.05) is 30.3 Å². The van der Waals surface area contributed by atoms with E-state index < -0.39 is 0 Å². The second-order valence-corrected chi connectivity index (χ2v) is 5.03. The van der Waals surface area contributed by atoms with Crippen molar-refractivity contribution in [3.63, 3.8) is 0 Å². The number of nitrogens with one attached hydrogen (secondary N) is 3. The van der Waals surface area contributed by atoms with Gasteiger partial charge in [0.25, 0.3) is 0 Å². The summed E-state index contributed by atoms with van der Waals surface area (Å²) in [5.41, 5.74) is 2.52.